The fourth-order valence-corrected chi connectivity index (χ4v) is 8.62. The van der Waals surface area contributed by atoms with Gasteiger partial charge < -0.3 is 14.2 Å². The van der Waals surface area contributed by atoms with Crippen LogP contribution in [0.1, 0.15) is 323 Å². The van der Waals surface area contributed by atoms with Gasteiger partial charge in [-0.3, -0.25) is 14.4 Å². The lowest BCUT2D eigenvalue weighted by Crippen LogP contribution is -2.30. The van der Waals surface area contributed by atoms with E-state index in [0.717, 1.165) is 57.8 Å². The number of hydrogen-bond donors (Lipinski definition) is 0. The smallest absolute Gasteiger partial charge is 0.306 e. The van der Waals surface area contributed by atoms with Crippen LogP contribution in [-0.2, 0) is 28.6 Å². The summed E-state index contributed by atoms with van der Waals surface area (Å²) >= 11 is 0. The highest BCUT2D eigenvalue weighted by atomic mass is 16.6. The minimum atomic E-state index is -0.760. The monoisotopic (exact) mass is 877 g/mol. The predicted octanol–water partition coefficient (Wildman–Crippen LogP) is 18.4. The lowest BCUT2D eigenvalue weighted by molar-refractivity contribution is -0.167. The number of rotatable bonds is 52. The second kappa shape index (κ2) is 52.0. The van der Waals surface area contributed by atoms with Gasteiger partial charge in [0.1, 0.15) is 13.2 Å². The Kier molecular flexibility index (Phi) is 50.7. The van der Waals surface area contributed by atoms with Gasteiger partial charge in [-0.1, -0.05) is 284 Å². The van der Waals surface area contributed by atoms with Gasteiger partial charge in [-0.2, -0.15) is 0 Å². The van der Waals surface area contributed by atoms with Crippen LogP contribution in [0.5, 0.6) is 0 Å². The van der Waals surface area contributed by atoms with Crippen LogP contribution in [0, 0.1) is 0 Å². The lowest BCUT2D eigenvalue weighted by atomic mass is 10.0. The van der Waals surface area contributed by atoms with Crippen LogP contribution >= 0.6 is 0 Å². The van der Waals surface area contributed by atoms with Crippen molar-refractivity contribution in [3.05, 3.63) is 0 Å². The Labute approximate surface area is 387 Å². The van der Waals surface area contributed by atoms with Crippen LogP contribution in [0.25, 0.3) is 0 Å². The summed E-state index contributed by atoms with van der Waals surface area (Å²) in [6.45, 7) is 6.69. The molecule has 0 heterocycles. The molecule has 0 rings (SSSR count). The quantitative estimate of drug-likeness (QED) is 0.0344. The Morgan fingerprint density at radius 3 is 0.645 bits per heavy atom. The highest BCUT2D eigenvalue weighted by Crippen LogP contribution is 2.17. The molecule has 0 fully saturated rings. The van der Waals surface area contributed by atoms with Gasteiger partial charge in [0, 0.05) is 19.3 Å². The Balaban J connectivity index is 4.26. The fourth-order valence-electron chi connectivity index (χ4n) is 8.62. The molecule has 0 aromatic carbocycles. The van der Waals surface area contributed by atoms with Crippen molar-refractivity contribution in [2.24, 2.45) is 0 Å². The first-order valence-corrected chi connectivity index (χ1v) is 28.0. The predicted molar refractivity (Wildman–Crippen MR) is 266 cm³/mol. The van der Waals surface area contributed by atoms with Crippen LogP contribution in [0.2, 0.25) is 0 Å². The van der Waals surface area contributed by atoms with E-state index in [-0.39, 0.29) is 31.1 Å². The summed E-state index contributed by atoms with van der Waals surface area (Å²) in [7, 11) is 0. The van der Waals surface area contributed by atoms with Crippen molar-refractivity contribution < 1.29 is 28.6 Å². The van der Waals surface area contributed by atoms with E-state index in [0.29, 0.717) is 19.3 Å². The molecule has 0 bridgehead atoms. The van der Waals surface area contributed by atoms with Crippen molar-refractivity contribution in [1.82, 2.24) is 0 Å². The Bertz CT molecular complexity index is 920. The number of carbonyl (C=O) groups excluding carboxylic acids is 3. The second-order valence-corrected chi connectivity index (χ2v) is 19.2. The highest BCUT2D eigenvalue weighted by Gasteiger charge is 2.19. The van der Waals surface area contributed by atoms with E-state index >= 15 is 0 Å². The molecule has 0 aromatic heterocycles. The van der Waals surface area contributed by atoms with E-state index in [1.807, 2.05) is 0 Å². The third-order valence-corrected chi connectivity index (χ3v) is 12.9. The molecule has 0 aliphatic rings. The van der Waals surface area contributed by atoms with Crippen molar-refractivity contribution in [2.45, 2.75) is 329 Å². The van der Waals surface area contributed by atoms with E-state index in [1.54, 1.807) is 0 Å². The molecule has 0 aliphatic heterocycles. The number of hydrogen-bond acceptors (Lipinski definition) is 6. The number of ether oxygens (including phenoxy) is 3. The van der Waals surface area contributed by atoms with Crippen molar-refractivity contribution in [2.75, 3.05) is 13.2 Å². The molecule has 0 saturated carbocycles. The zero-order valence-electron chi connectivity index (χ0n) is 42.2. The molecule has 0 radical (unpaired) electrons. The highest BCUT2D eigenvalue weighted by molar-refractivity contribution is 5.71. The molecule has 62 heavy (non-hydrogen) atoms. The maximum atomic E-state index is 12.8. The normalized spacial score (nSPS) is 11.9. The molecule has 0 aliphatic carbocycles. The summed E-state index contributed by atoms with van der Waals surface area (Å²) in [6.07, 6.45) is 56.6. The third kappa shape index (κ3) is 49.4. The number of unbranched alkanes of at least 4 members (excludes halogenated alkanes) is 41. The molecule has 6 heteroatoms. The van der Waals surface area contributed by atoms with Crippen LogP contribution < -0.4 is 0 Å². The summed E-state index contributed by atoms with van der Waals surface area (Å²) in [5.41, 5.74) is 0. The first-order chi connectivity index (χ1) is 30.5. The molecule has 0 amide bonds. The van der Waals surface area contributed by atoms with Gasteiger partial charge in [0.05, 0.1) is 0 Å². The minimum absolute atomic E-state index is 0.0613. The van der Waals surface area contributed by atoms with Gasteiger partial charge in [0.2, 0.25) is 0 Å². The van der Waals surface area contributed by atoms with E-state index in [9.17, 15) is 14.4 Å². The Morgan fingerprint density at radius 1 is 0.258 bits per heavy atom. The lowest BCUT2D eigenvalue weighted by Gasteiger charge is -2.18. The van der Waals surface area contributed by atoms with Crippen LogP contribution in [0.15, 0.2) is 0 Å². The average Bonchev–Trinajstić information content (AvgIpc) is 3.27. The van der Waals surface area contributed by atoms with Gasteiger partial charge in [0.15, 0.2) is 6.10 Å². The zero-order valence-corrected chi connectivity index (χ0v) is 42.2. The van der Waals surface area contributed by atoms with E-state index < -0.39 is 6.10 Å². The van der Waals surface area contributed by atoms with Crippen LogP contribution in [-0.4, -0.2) is 37.2 Å². The van der Waals surface area contributed by atoms with E-state index in [1.165, 1.54) is 225 Å². The molecule has 0 N–H and O–H groups in total. The topological polar surface area (TPSA) is 78.9 Å². The molecule has 6 nitrogen and oxygen atoms in total. The van der Waals surface area contributed by atoms with Gasteiger partial charge in [0.25, 0.3) is 0 Å². The largest absolute Gasteiger partial charge is 0.462 e. The van der Waals surface area contributed by atoms with E-state index in [4.69, 9.17) is 14.2 Å². The van der Waals surface area contributed by atoms with Gasteiger partial charge in [-0.15, -0.1) is 0 Å². The third-order valence-electron chi connectivity index (χ3n) is 12.9. The molecular formula is C56H108O6. The molecule has 0 aromatic rings. The second-order valence-electron chi connectivity index (χ2n) is 19.2. The number of esters is 3. The maximum absolute atomic E-state index is 12.8. The molecule has 0 unspecified atom stereocenters. The summed E-state index contributed by atoms with van der Waals surface area (Å²) in [5, 5.41) is 0. The molecule has 0 spiro atoms. The summed E-state index contributed by atoms with van der Waals surface area (Å²) in [6, 6.07) is 0. The van der Waals surface area contributed by atoms with Crippen LogP contribution in [0.4, 0.5) is 0 Å². The van der Waals surface area contributed by atoms with Crippen molar-refractivity contribution in [3.63, 3.8) is 0 Å². The fraction of sp³-hybridized carbons (Fsp3) is 0.946. The van der Waals surface area contributed by atoms with Crippen molar-refractivity contribution in [1.29, 1.82) is 0 Å². The standard InChI is InChI=1S/C56H108O6/c1-4-7-10-13-16-19-22-24-26-27-28-30-32-35-38-41-44-47-50-56(59)62-53(51-60-54(57)48-45-42-39-36-33-21-18-15-12-9-6-3)52-61-55(58)49-46-43-40-37-34-31-29-25-23-20-17-14-11-8-5-2/h53H,4-52H2,1-3H3/t53-/m1/s1. The Hall–Kier alpha value is -1.59. The maximum Gasteiger partial charge on any atom is 0.306 e. The van der Waals surface area contributed by atoms with Crippen molar-refractivity contribution >= 4 is 17.9 Å². The molecular weight excluding hydrogens is 769 g/mol. The SMILES string of the molecule is CCCCCCCCCCCCCCCCCCCCC(=O)O[C@H](COC(=O)CCCCCCCCCCCCC)COC(=O)CCCCCCCCCCCCCCCCC. The number of carbonyl (C=O) groups is 3. The first-order valence-electron chi connectivity index (χ1n) is 28.0. The molecule has 0 saturated heterocycles. The minimum Gasteiger partial charge on any atom is -0.462 e. The van der Waals surface area contributed by atoms with Gasteiger partial charge in [-0.05, 0) is 19.3 Å². The van der Waals surface area contributed by atoms with E-state index in [2.05, 4.69) is 20.8 Å². The average molecular weight is 877 g/mol. The van der Waals surface area contributed by atoms with Gasteiger partial charge >= 0.3 is 17.9 Å². The molecule has 368 valence electrons. The summed E-state index contributed by atoms with van der Waals surface area (Å²) in [5.74, 6) is -0.836. The molecule has 1 atom stereocenters. The van der Waals surface area contributed by atoms with Gasteiger partial charge in [-0.25, -0.2) is 0 Å². The van der Waals surface area contributed by atoms with Crippen LogP contribution in [0.3, 0.4) is 0 Å². The summed E-state index contributed by atoms with van der Waals surface area (Å²) in [4.78, 5) is 38.0. The zero-order chi connectivity index (χ0) is 45.1. The Morgan fingerprint density at radius 2 is 0.435 bits per heavy atom. The first kappa shape index (κ1) is 60.4. The summed E-state index contributed by atoms with van der Waals surface area (Å²) < 4.78 is 16.9. The van der Waals surface area contributed by atoms with Crippen molar-refractivity contribution in [3.8, 4) is 0 Å².